The lowest BCUT2D eigenvalue weighted by atomic mass is 9.74. The number of nitrogens with zero attached hydrogens (tertiary/aromatic N) is 2. The Morgan fingerprint density at radius 3 is 2.70 bits per heavy atom. The van der Waals surface area contributed by atoms with Gasteiger partial charge in [-0.05, 0) is 26.2 Å². The van der Waals surface area contributed by atoms with Gasteiger partial charge in [-0.15, -0.1) is 11.3 Å². The van der Waals surface area contributed by atoms with E-state index in [0.29, 0.717) is 6.54 Å². The van der Waals surface area contributed by atoms with E-state index in [1.54, 1.807) is 18.4 Å². The van der Waals surface area contributed by atoms with Crippen LogP contribution in [0.25, 0.3) is 0 Å². The summed E-state index contributed by atoms with van der Waals surface area (Å²) in [5.41, 5.74) is 0.292. The molecule has 6 nitrogen and oxygen atoms in total. The Balaban J connectivity index is 1.91. The number of carboxylic acids is 1. The van der Waals surface area contributed by atoms with Crippen molar-refractivity contribution >= 4 is 23.3 Å². The summed E-state index contributed by atoms with van der Waals surface area (Å²) in [6.07, 6.45) is 2.41. The molecule has 1 aliphatic rings. The van der Waals surface area contributed by atoms with Crippen molar-refractivity contribution in [2.75, 3.05) is 7.05 Å². The van der Waals surface area contributed by atoms with Gasteiger partial charge >= 0.3 is 12.0 Å². The van der Waals surface area contributed by atoms with Gasteiger partial charge in [-0.2, -0.15) is 0 Å². The van der Waals surface area contributed by atoms with Crippen molar-refractivity contribution in [3.05, 3.63) is 16.1 Å². The van der Waals surface area contributed by atoms with E-state index in [-0.39, 0.29) is 12.5 Å². The summed E-state index contributed by atoms with van der Waals surface area (Å²) >= 11 is 1.55. The number of hydrogen-bond acceptors (Lipinski definition) is 4. The molecule has 1 fully saturated rings. The number of aromatic nitrogens is 1. The molecule has 0 saturated heterocycles. The molecule has 7 heteroatoms. The molecule has 2 amide bonds. The van der Waals surface area contributed by atoms with Crippen LogP contribution in [0.1, 0.15) is 36.4 Å². The highest BCUT2D eigenvalue weighted by Crippen LogP contribution is 2.35. The maximum Gasteiger partial charge on any atom is 0.317 e. The minimum absolute atomic E-state index is 0.0115. The molecule has 0 spiro atoms. The van der Waals surface area contributed by atoms with E-state index in [0.717, 1.165) is 30.0 Å². The van der Waals surface area contributed by atoms with Gasteiger partial charge in [0.15, 0.2) is 0 Å². The third kappa shape index (κ3) is 3.47. The predicted octanol–water partition coefficient (Wildman–Crippen LogP) is 1.99. The van der Waals surface area contributed by atoms with E-state index in [4.69, 9.17) is 5.11 Å². The Hall–Kier alpha value is -1.63. The lowest BCUT2D eigenvalue weighted by molar-refractivity contribution is -0.139. The summed E-state index contributed by atoms with van der Waals surface area (Å²) in [7, 11) is 1.69. The highest BCUT2D eigenvalue weighted by atomic mass is 32.1. The molecule has 2 N–H and O–H groups in total. The molecule has 20 heavy (non-hydrogen) atoms. The van der Waals surface area contributed by atoms with Crippen molar-refractivity contribution in [3.8, 4) is 0 Å². The van der Waals surface area contributed by atoms with E-state index in [9.17, 15) is 9.59 Å². The first kappa shape index (κ1) is 14.8. The minimum atomic E-state index is -0.872. The first-order valence-electron chi connectivity index (χ1n) is 6.56. The smallest absolute Gasteiger partial charge is 0.317 e. The fraction of sp³-hybridized carbons (Fsp3) is 0.615. The van der Waals surface area contributed by atoms with Gasteiger partial charge in [-0.3, -0.25) is 4.79 Å². The van der Waals surface area contributed by atoms with Gasteiger partial charge in [-0.25, -0.2) is 9.78 Å². The number of urea groups is 1. The maximum atomic E-state index is 12.1. The van der Waals surface area contributed by atoms with Crippen LogP contribution in [0, 0.1) is 6.92 Å². The second-order valence-corrected chi connectivity index (χ2v) is 6.41. The van der Waals surface area contributed by atoms with Crippen LogP contribution >= 0.6 is 11.3 Å². The molecule has 0 unspecified atom stereocenters. The SMILES string of the molecule is Cc1nc(CN(C)C(=O)NC2(CC(=O)O)CCC2)cs1. The lowest BCUT2D eigenvalue weighted by Gasteiger charge is -2.42. The number of carbonyl (C=O) groups excluding carboxylic acids is 1. The van der Waals surface area contributed by atoms with Gasteiger partial charge < -0.3 is 15.3 Å². The van der Waals surface area contributed by atoms with Crippen LogP contribution in [0.2, 0.25) is 0 Å². The Morgan fingerprint density at radius 2 is 2.25 bits per heavy atom. The Kier molecular flexibility index (Phi) is 4.27. The summed E-state index contributed by atoms with van der Waals surface area (Å²) < 4.78 is 0. The van der Waals surface area contributed by atoms with Gasteiger partial charge in [0.05, 0.1) is 29.2 Å². The van der Waals surface area contributed by atoms with Crippen LogP contribution in [0.15, 0.2) is 5.38 Å². The van der Waals surface area contributed by atoms with E-state index in [1.807, 2.05) is 12.3 Å². The van der Waals surface area contributed by atoms with E-state index >= 15 is 0 Å². The molecule has 1 aromatic heterocycles. The number of aryl methyl sites for hydroxylation is 1. The number of hydrogen-bond donors (Lipinski definition) is 2. The van der Waals surface area contributed by atoms with E-state index in [2.05, 4.69) is 10.3 Å². The molecule has 1 aromatic rings. The number of rotatable bonds is 5. The average molecular weight is 297 g/mol. The largest absolute Gasteiger partial charge is 0.481 e. The summed E-state index contributed by atoms with van der Waals surface area (Å²) in [4.78, 5) is 28.9. The highest BCUT2D eigenvalue weighted by Gasteiger charge is 2.40. The molecular formula is C13H19N3O3S. The van der Waals surface area contributed by atoms with Gasteiger partial charge in [0.2, 0.25) is 0 Å². The van der Waals surface area contributed by atoms with Crippen molar-refractivity contribution in [1.82, 2.24) is 15.2 Å². The topological polar surface area (TPSA) is 82.5 Å². The molecule has 1 heterocycles. The molecule has 0 aliphatic heterocycles. The number of amides is 2. The van der Waals surface area contributed by atoms with Crippen molar-refractivity contribution in [3.63, 3.8) is 0 Å². The molecule has 2 rings (SSSR count). The fourth-order valence-corrected chi connectivity index (χ4v) is 2.96. The number of carbonyl (C=O) groups is 2. The molecular weight excluding hydrogens is 278 g/mol. The predicted molar refractivity (Wildman–Crippen MR) is 75.7 cm³/mol. The average Bonchev–Trinajstić information content (AvgIpc) is 2.71. The Morgan fingerprint density at radius 1 is 1.55 bits per heavy atom. The normalized spacial score (nSPS) is 16.3. The lowest BCUT2D eigenvalue weighted by Crippen LogP contribution is -2.57. The minimum Gasteiger partial charge on any atom is -0.481 e. The second kappa shape index (κ2) is 5.78. The van der Waals surface area contributed by atoms with Gasteiger partial charge in [0.1, 0.15) is 0 Å². The first-order chi connectivity index (χ1) is 9.40. The van der Waals surface area contributed by atoms with Crippen LogP contribution in [0.4, 0.5) is 4.79 Å². The molecule has 110 valence electrons. The van der Waals surface area contributed by atoms with E-state index in [1.165, 1.54) is 4.90 Å². The van der Waals surface area contributed by atoms with Crippen LogP contribution in [-0.4, -0.2) is 39.6 Å². The van der Waals surface area contributed by atoms with Crippen molar-refractivity contribution in [2.24, 2.45) is 0 Å². The quantitative estimate of drug-likeness (QED) is 0.870. The third-order valence-corrected chi connectivity index (χ3v) is 4.41. The van der Waals surface area contributed by atoms with E-state index < -0.39 is 11.5 Å². The van der Waals surface area contributed by atoms with Crippen LogP contribution in [0.5, 0.6) is 0 Å². The molecule has 1 aliphatic carbocycles. The van der Waals surface area contributed by atoms with Crippen molar-refractivity contribution in [1.29, 1.82) is 0 Å². The van der Waals surface area contributed by atoms with Crippen LogP contribution in [0.3, 0.4) is 0 Å². The van der Waals surface area contributed by atoms with Gasteiger partial charge in [0.25, 0.3) is 0 Å². The first-order valence-corrected chi connectivity index (χ1v) is 7.44. The monoisotopic (exact) mass is 297 g/mol. The van der Waals surface area contributed by atoms with Crippen molar-refractivity contribution in [2.45, 2.75) is 44.7 Å². The summed E-state index contributed by atoms with van der Waals surface area (Å²) in [6.45, 7) is 2.35. The van der Waals surface area contributed by atoms with Crippen molar-refractivity contribution < 1.29 is 14.7 Å². The molecule has 0 atom stereocenters. The number of carboxylic acid groups (broad SMARTS) is 1. The Bertz CT molecular complexity index is 511. The zero-order chi connectivity index (χ0) is 14.8. The van der Waals surface area contributed by atoms with Gasteiger partial charge in [0, 0.05) is 12.4 Å². The number of nitrogens with one attached hydrogen (secondary N) is 1. The molecule has 0 aromatic carbocycles. The number of thiazole rings is 1. The zero-order valence-electron chi connectivity index (χ0n) is 11.7. The number of aliphatic carboxylic acids is 1. The molecule has 0 bridgehead atoms. The second-order valence-electron chi connectivity index (χ2n) is 5.35. The third-order valence-electron chi connectivity index (χ3n) is 3.58. The van der Waals surface area contributed by atoms with Crippen LogP contribution < -0.4 is 5.32 Å². The summed E-state index contributed by atoms with van der Waals surface area (Å²) in [6, 6.07) is -0.239. The Labute approximate surface area is 121 Å². The summed E-state index contributed by atoms with van der Waals surface area (Å²) in [5, 5.41) is 14.7. The maximum absolute atomic E-state index is 12.1. The fourth-order valence-electron chi connectivity index (χ4n) is 2.36. The van der Waals surface area contributed by atoms with Crippen LogP contribution in [-0.2, 0) is 11.3 Å². The summed E-state index contributed by atoms with van der Waals surface area (Å²) in [5.74, 6) is -0.872. The zero-order valence-corrected chi connectivity index (χ0v) is 12.5. The molecule has 1 saturated carbocycles. The highest BCUT2D eigenvalue weighted by molar-refractivity contribution is 7.09. The molecule has 0 radical (unpaired) electrons. The van der Waals surface area contributed by atoms with Gasteiger partial charge in [-0.1, -0.05) is 0 Å². The standard InChI is InChI=1S/C13H19N3O3S/c1-9-14-10(8-20-9)7-16(2)12(19)15-13(4-3-5-13)6-11(17)18/h8H,3-7H2,1-2H3,(H,15,19)(H,17,18).